The van der Waals surface area contributed by atoms with Crippen LogP contribution in [-0.2, 0) is 28.9 Å². The third kappa shape index (κ3) is 5.97. The number of hydrogen-bond donors (Lipinski definition) is 1. The van der Waals surface area contributed by atoms with E-state index in [1.165, 1.54) is 11.1 Å². The molecule has 0 radical (unpaired) electrons. The molecule has 5 nitrogen and oxygen atoms in total. The van der Waals surface area contributed by atoms with E-state index in [1.54, 1.807) is 11.3 Å². The summed E-state index contributed by atoms with van der Waals surface area (Å²) >= 11 is 1.61. The Morgan fingerprint density at radius 3 is 2.69 bits per heavy atom. The quantitative estimate of drug-likeness (QED) is 0.648. The number of amides is 1. The van der Waals surface area contributed by atoms with Crippen molar-refractivity contribution in [1.82, 2.24) is 9.88 Å². The van der Waals surface area contributed by atoms with Gasteiger partial charge in [0.25, 0.3) is 0 Å². The van der Waals surface area contributed by atoms with Crippen molar-refractivity contribution < 1.29 is 9.53 Å². The molecular formula is C23H25N3O2S. The van der Waals surface area contributed by atoms with Crippen molar-refractivity contribution in [3.8, 4) is 0 Å². The Balaban J connectivity index is 1.31. The first-order chi connectivity index (χ1) is 14.2. The number of aromatic nitrogens is 1. The van der Waals surface area contributed by atoms with Crippen molar-refractivity contribution >= 4 is 22.9 Å². The fraction of sp³-hybridized carbons (Fsp3) is 0.304. The summed E-state index contributed by atoms with van der Waals surface area (Å²) in [5.41, 5.74) is 4.09. The Morgan fingerprint density at radius 1 is 1.07 bits per heavy atom. The molecule has 3 aromatic rings. The molecule has 0 bridgehead atoms. The molecule has 0 saturated carbocycles. The minimum absolute atomic E-state index is 0.0370. The average Bonchev–Trinajstić information content (AvgIpc) is 3.16. The fourth-order valence-corrected chi connectivity index (χ4v) is 4.24. The summed E-state index contributed by atoms with van der Waals surface area (Å²) in [6.45, 7) is 4.35. The van der Waals surface area contributed by atoms with Gasteiger partial charge in [-0.1, -0.05) is 42.5 Å². The van der Waals surface area contributed by atoms with Crippen molar-refractivity contribution in [2.45, 2.75) is 19.4 Å². The van der Waals surface area contributed by atoms with E-state index in [4.69, 9.17) is 4.74 Å². The van der Waals surface area contributed by atoms with Crippen LogP contribution in [-0.4, -0.2) is 42.1 Å². The minimum atomic E-state index is -0.0370. The van der Waals surface area contributed by atoms with Crippen molar-refractivity contribution in [1.29, 1.82) is 0 Å². The highest BCUT2D eigenvalue weighted by Crippen LogP contribution is 2.17. The third-order valence-corrected chi connectivity index (χ3v) is 5.76. The molecule has 1 aromatic heterocycles. The van der Waals surface area contributed by atoms with Crippen LogP contribution in [0.1, 0.15) is 21.8 Å². The van der Waals surface area contributed by atoms with Gasteiger partial charge in [-0.05, 0) is 23.3 Å². The topological polar surface area (TPSA) is 54.5 Å². The molecule has 2 heterocycles. The van der Waals surface area contributed by atoms with Gasteiger partial charge in [-0.2, -0.15) is 0 Å². The number of carbonyl (C=O) groups excluding carboxylic acids is 1. The van der Waals surface area contributed by atoms with Gasteiger partial charge >= 0.3 is 0 Å². The van der Waals surface area contributed by atoms with E-state index < -0.39 is 0 Å². The number of ether oxygens (including phenoxy) is 1. The standard InChI is InChI=1S/C23H25N3O2S/c27-22(15-21-17-29-23(25-21)14-18-5-2-1-3-6-18)24-20-8-4-7-19(13-20)16-26-9-11-28-12-10-26/h1-8,13,17H,9-12,14-16H2,(H,24,27). The van der Waals surface area contributed by atoms with Gasteiger partial charge < -0.3 is 10.1 Å². The molecule has 1 aliphatic heterocycles. The second kappa shape index (κ2) is 9.78. The zero-order valence-corrected chi connectivity index (χ0v) is 17.2. The normalized spacial score (nSPS) is 14.6. The summed E-state index contributed by atoms with van der Waals surface area (Å²) in [5.74, 6) is -0.0370. The molecule has 4 rings (SSSR count). The molecule has 0 spiro atoms. The van der Waals surface area contributed by atoms with Crippen molar-refractivity contribution in [2.75, 3.05) is 31.6 Å². The Bertz CT molecular complexity index is 936. The number of nitrogens with one attached hydrogen (secondary N) is 1. The van der Waals surface area contributed by atoms with Gasteiger partial charge in [-0.3, -0.25) is 9.69 Å². The van der Waals surface area contributed by atoms with E-state index in [-0.39, 0.29) is 5.91 Å². The molecule has 1 saturated heterocycles. The highest BCUT2D eigenvalue weighted by molar-refractivity contribution is 7.09. The van der Waals surface area contributed by atoms with E-state index in [2.05, 4.69) is 39.5 Å². The molecule has 1 amide bonds. The second-order valence-electron chi connectivity index (χ2n) is 7.21. The molecule has 1 fully saturated rings. The highest BCUT2D eigenvalue weighted by Gasteiger charge is 2.12. The van der Waals surface area contributed by atoms with Gasteiger partial charge in [0, 0.05) is 37.1 Å². The molecule has 0 unspecified atom stereocenters. The second-order valence-corrected chi connectivity index (χ2v) is 8.15. The van der Waals surface area contributed by atoms with Gasteiger partial charge in [-0.15, -0.1) is 11.3 Å². The lowest BCUT2D eigenvalue weighted by Crippen LogP contribution is -2.35. The lowest BCUT2D eigenvalue weighted by molar-refractivity contribution is -0.115. The predicted molar refractivity (Wildman–Crippen MR) is 116 cm³/mol. The first-order valence-electron chi connectivity index (χ1n) is 9.91. The maximum absolute atomic E-state index is 12.5. The maximum Gasteiger partial charge on any atom is 0.230 e. The summed E-state index contributed by atoms with van der Waals surface area (Å²) in [5, 5.41) is 6.02. The monoisotopic (exact) mass is 407 g/mol. The molecule has 2 aromatic carbocycles. The number of hydrogen-bond acceptors (Lipinski definition) is 5. The van der Waals surface area contributed by atoms with Crippen LogP contribution >= 0.6 is 11.3 Å². The van der Waals surface area contributed by atoms with Crippen molar-refractivity contribution in [3.63, 3.8) is 0 Å². The summed E-state index contributed by atoms with van der Waals surface area (Å²) < 4.78 is 5.40. The lowest BCUT2D eigenvalue weighted by Gasteiger charge is -2.26. The Kier molecular flexibility index (Phi) is 6.67. The van der Waals surface area contributed by atoms with Crippen LogP contribution in [0.15, 0.2) is 60.0 Å². The lowest BCUT2D eigenvalue weighted by atomic mass is 10.1. The predicted octanol–water partition coefficient (Wildman–Crippen LogP) is 3.75. The molecule has 150 valence electrons. The van der Waals surface area contributed by atoms with E-state index >= 15 is 0 Å². The van der Waals surface area contributed by atoms with Gasteiger partial charge in [0.1, 0.15) is 0 Å². The fourth-order valence-electron chi connectivity index (χ4n) is 3.42. The van der Waals surface area contributed by atoms with Gasteiger partial charge in [0.15, 0.2) is 0 Å². The number of rotatable bonds is 7. The molecule has 1 aliphatic rings. The summed E-state index contributed by atoms with van der Waals surface area (Å²) in [4.78, 5) is 19.5. The first-order valence-corrected chi connectivity index (χ1v) is 10.8. The molecule has 0 aliphatic carbocycles. The minimum Gasteiger partial charge on any atom is -0.379 e. The summed E-state index contributed by atoms with van der Waals surface area (Å²) in [6, 6.07) is 18.3. The van der Waals surface area contributed by atoms with Crippen LogP contribution in [0.3, 0.4) is 0 Å². The number of anilines is 1. The smallest absolute Gasteiger partial charge is 0.230 e. The van der Waals surface area contributed by atoms with Crippen molar-refractivity contribution in [3.05, 3.63) is 81.8 Å². The van der Waals surface area contributed by atoms with E-state index in [0.29, 0.717) is 6.42 Å². The number of nitrogens with zero attached hydrogens (tertiary/aromatic N) is 2. The number of benzene rings is 2. The summed E-state index contributed by atoms with van der Waals surface area (Å²) in [6.07, 6.45) is 1.09. The number of thiazole rings is 1. The van der Waals surface area contributed by atoms with Gasteiger partial charge in [0.2, 0.25) is 5.91 Å². The molecule has 1 N–H and O–H groups in total. The van der Waals surface area contributed by atoms with Crippen LogP contribution in [0.5, 0.6) is 0 Å². The number of carbonyl (C=O) groups is 1. The van der Waals surface area contributed by atoms with Crippen LogP contribution in [0.2, 0.25) is 0 Å². The zero-order chi connectivity index (χ0) is 19.9. The van der Waals surface area contributed by atoms with E-state index in [1.807, 2.05) is 35.7 Å². The van der Waals surface area contributed by atoms with Crippen LogP contribution in [0.25, 0.3) is 0 Å². The SMILES string of the molecule is O=C(Cc1csc(Cc2ccccc2)n1)Nc1cccc(CN2CCOCC2)c1. The summed E-state index contributed by atoms with van der Waals surface area (Å²) in [7, 11) is 0. The van der Waals surface area contributed by atoms with Crippen LogP contribution < -0.4 is 5.32 Å². The van der Waals surface area contributed by atoms with E-state index in [0.717, 1.165) is 55.7 Å². The highest BCUT2D eigenvalue weighted by atomic mass is 32.1. The van der Waals surface area contributed by atoms with E-state index in [9.17, 15) is 4.79 Å². The van der Waals surface area contributed by atoms with Crippen LogP contribution in [0.4, 0.5) is 5.69 Å². The van der Waals surface area contributed by atoms with Crippen LogP contribution in [0, 0.1) is 0 Å². The molecular weight excluding hydrogens is 382 g/mol. The Morgan fingerprint density at radius 2 is 1.86 bits per heavy atom. The molecule has 0 atom stereocenters. The van der Waals surface area contributed by atoms with Gasteiger partial charge in [-0.25, -0.2) is 4.98 Å². The largest absolute Gasteiger partial charge is 0.379 e. The Labute approximate surface area is 175 Å². The molecule has 29 heavy (non-hydrogen) atoms. The maximum atomic E-state index is 12.5. The molecule has 6 heteroatoms. The zero-order valence-electron chi connectivity index (χ0n) is 16.3. The van der Waals surface area contributed by atoms with Crippen molar-refractivity contribution in [2.24, 2.45) is 0 Å². The first kappa shape index (κ1) is 19.8. The Hall–Kier alpha value is -2.54. The van der Waals surface area contributed by atoms with Gasteiger partial charge in [0.05, 0.1) is 30.3 Å². The average molecular weight is 408 g/mol. The number of morpholine rings is 1. The third-order valence-electron chi connectivity index (χ3n) is 4.86.